The van der Waals surface area contributed by atoms with E-state index < -0.39 is 0 Å². The lowest BCUT2D eigenvalue weighted by molar-refractivity contribution is -0.139. The van der Waals surface area contributed by atoms with Crippen LogP contribution in [0.25, 0.3) is 5.57 Å². The number of allylic oxidation sites excluding steroid dienone is 1. The summed E-state index contributed by atoms with van der Waals surface area (Å²) in [5.74, 6) is 0.936. The molecule has 4 heteroatoms. The first-order valence-electron chi connectivity index (χ1n) is 9.80. The molecule has 0 aliphatic rings. The van der Waals surface area contributed by atoms with Gasteiger partial charge in [-0.15, -0.1) is 0 Å². The first-order chi connectivity index (χ1) is 14.6. The number of carbonyl (C=O) groups excluding carboxylic acids is 1. The Labute approximate surface area is 177 Å². The fourth-order valence-electron chi connectivity index (χ4n) is 3.03. The average Bonchev–Trinajstić information content (AvgIpc) is 2.78. The van der Waals surface area contributed by atoms with Crippen molar-refractivity contribution >= 4 is 11.5 Å². The molecule has 154 valence electrons. The predicted molar refractivity (Wildman–Crippen MR) is 118 cm³/mol. The second-order valence-corrected chi connectivity index (χ2v) is 7.04. The van der Waals surface area contributed by atoms with Gasteiger partial charge in [0.15, 0.2) is 0 Å². The van der Waals surface area contributed by atoms with Crippen molar-refractivity contribution in [3.63, 3.8) is 0 Å². The van der Waals surface area contributed by atoms with Gasteiger partial charge in [-0.1, -0.05) is 67.2 Å². The lowest BCUT2D eigenvalue weighted by atomic mass is 10.0. The van der Waals surface area contributed by atoms with Gasteiger partial charge in [-0.25, -0.2) is 0 Å². The zero-order valence-electron chi connectivity index (χ0n) is 17.4. The SMILES string of the molecule is C=C(C)c1cc(CC(=O)OC)c(OCc2ccccc2)cc1OCc1ccccc1. The smallest absolute Gasteiger partial charge is 0.310 e. The van der Waals surface area contributed by atoms with Gasteiger partial charge in [-0.05, 0) is 29.7 Å². The number of hydrogen-bond donors (Lipinski definition) is 0. The molecule has 0 aromatic heterocycles. The number of hydrogen-bond acceptors (Lipinski definition) is 4. The van der Waals surface area contributed by atoms with E-state index in [9.17, 15) is 4.79 Å². The van der Waals surface area contributed by atoms with E-state index in [4.69, 9.17) is 14.2 Å². The monoisotopic (exact) mass is 402 g/mol. The predicted octanol–water partition coefficient (Wildman–Crippen LogP) is 5.59. The third kappa shape index (κ3) is 5.74. The normalized spacial score (nSPS) is 10.3. The Hall–Kier alpha value is -3.53. The van der Waals surface area contributed by atoms with Crippen LogP contribution in [0.4, 0.5) is 0 Å². The van der Waals surface area contributed by atoms with E-state index in [1.807, 2.05) is 79.7 Å². The maximum absolute atomic E-state index is 12.0. The van der Waals surface area contributed by atoms with Gasteiger partial charge in [-0.3, -0.25) is 4.79 Å². The van der Waals surface area contributed by atoms with E-state index in [2.05, 4.69) is 6.58 Å². The number of rotatable bonds is 9. The maximum Gasteiger partial charge on any atom is 0.310 e. The minimum atomic E-state index is -0.329. The highest BCUT2D eigenvalue weighted by atomic mass is 16.5. The molecule has 0 aliphatic carbocycles. The van der Waals surface area contributed by atoms with E-state index in [-0.39, 0.29) is 12.4 Å². The van der Waals surface area contributed by atoms with E-state index in [0.717, 1.165) is 27.8 Å². The van der Waals surface area contributed by atoms with Crippen molar-refractivity contribution in [2.75, 3.05) is 7.11 Å². The first kappa shape index (κ1) is 21.2. The lowest BCUT2D eigenvalue weighted by Gasteiger charge is -2.18. The Morgan fingerprint density at radius 3 is 1.87 bits per heavy atom. The van der Waals surface area contributed by atoms with E-state index in [1.165, 1.54) is 7.11 Å². The van der Waals surface area contributed by atoms with Gasteiger partial charge in [0.1, 0.15) is 24.7 Å². The highest BCUT2D eigenvalue weighted by Crippen LogP contribution is 2.34. The Morgan fingerprint density at radius 2 is 1.37 bits per heavy atom. The molecule has 0 heterocycles. The zero-order chi connectivity index (χ0) is 21.3. The topological polar surface area (TPSA) is 44.8 Å². The van der Waals surface area contributed by atoms with Crippen LogP contribution in [0.15, 0.2) is 79.4 Å². The maximum atomic E-state index is 12.0. The van der Waals surface area contributed by atoms with Crippen molar-refractivity contribution in [1.29, 1.82) is 0 Å². The summed E-state index contributed by atoms with van der Waals surface area (Å²) >= 11 is 0. The van der Waals surface area contributed by atoms with Gasteiger partial charge in [-0.2, -0.15) is 0 Å². The second-order valence-electron chi connectivity index (χ2n) is 7.04. The van der Waals surface area contributed by atoms with Crippen molar-refractivity contribution < 1.29 is 19.0 Å². The molecule has 0 spiro atoms. The number of esters is 1. The van der Waals surface area contributed by atoms with E-state index in [0.29, 0.717) is 24.7 Å². The molecule has 0 saturated carbocycles. The molecule has 0 saturated heterocycles. The molecule has 0 unspecified atom stereocenters. The zero-order valence-corrected chi connectivity index (χ0v) is 17.4. The largest absolute Gasteiger partial charge is 0.488 e. The van der Waals surface area contributed by atoms with Crippen LogP contribution < -0.4 is 9.47 Å². The molecule has 3 aromatic rings. The van der Waals surface area contributed by atoms with Crippen LogP contribution in [0.2, 0.25) is 0 Å². The summed E-state index contributed by atoms with van der Waals surface area (Å²) in [6.07, 6.45) is 0.111. The van der Waals surface area contributed by atoms with Crippen molar-refractivity contribution in [2.45, 2.75) is 26.6 Å². The molecule has 0 fully saturated rings. The van der Waals surface area contributed by atoms with E-state index in [1.54, 1.807) is 0 Å². The number of benzene rings is 3. The molecule has 0 atom stereocenters. The standard InChI is InChI=1S/C26H26O4/c1-19(2)23-14-22(15-26(27)28-3)24(29-17-20-10-6-4-7-11-20)16-25(23)30-18-21-12-8-5-9-13-21/h4-14,16H,1,15,17-18H2,2-3H3. The van der Waals surface area contributed by atoms with Crippen molar-refractivity contribution in [3.05, 3.63) is 102 Å². The van der Waals surface area contributed by atoms with Crippen LogP contribution in [0, 0.1) is 0 Å². The van der Waals surface area contributed by atoms with Gasteiger partial charge in [0.05, 0.1) is 13.5 Å². The summed E-state index contributed by atoms with van der Waals surface area (Å²) in [7, 11) is 1.38. The van der Waals surface area contributed by atoms with Gasteiger partial charge >= 0.3 is 5.97 Å². The molecule has 0 N–H and O–H groups in total. The third-order valence-electron chi connectivity index (χ3n) is 4.66. The van der Waals surface area contributed by atoms with Crippen molar-refractivity contribution in [2.24, 2.45) is 0 Å². The molecule has 3 aromatic carbocycles. The van der Waals surface area contributed by atoms with Crippen molar-refractivity contribution in [1.82, 2.24) is 0 Å². The Balaban J connectivity index is 1.91. The molecule has 4 nitrogen and oxygen atoms in total. The first-order valence-corrected chi connectivity index (χ1v) is 9.80. The minimum absolute atomic E-state index is 0.111. The van der Waals surface area contributed by atoms with Gasteiger partial charge in [0, 0.05) is 17.2 Å². The van der Waals surface area contributed by atoms with Crippen LogP contribution in [-0.4, -0.2) is 13.1 Å². The van der Waals surface area contributed by atoms with Crippen LogP contribution >= 0.6 is 0 Å². The number of ether oxygens (including phenoxy) is 3. The summed E-state index contributed by atoms with van der Waals surface area (Å²) in [6.45, 7) is 6.80. The summed E-state index contributed by atoms with van der Waals surface area (Å²) in [5, 5.41) is 0. The van der Waals surface area contributed by atoms with Gasteiger partial charge in [0.25, 0.3) is 0 Å². The molecular formula is C26H26O4. The lowest BCUT2D eigenvalue weighted by Crippen LogP contribution is -2.08. The van der Waals surface area contributed by atoms with Crippen LogP contribution in [0.3, 0.4) is 0 Å². The number of methoxy groups -OCH3 is 1. The minimum Gasteiger partial charge on any atom is -0.488 e. The molecular weight excluding hydrogens is 376 g/mol. The second kappa shape index (κ2) is 10.3. The number of carbonyl (C=O) groups is 1. The fraction of sp³-hybridized carbons (Fsp3) is 0.192. The van der Waals surface area contributed by atoms with E-state index >= 15 is 0 Å². The van der Waals surface area contributed by atoms with Crippen LogP contribution in [0.1, 0.15) is 29.2 Å². The molecule has 3 rings (SSSR count). The summed E-state index contributed by atoms with van der Waals surface area (Å²) in [6, 6.07) is 23.6. The summed E-state index contributed by atoms with van der Waals surface area (Å²) < 4.78 is 17.0. The van der Waals surface area contributed by atoms with Gasteiger partial charge < -0.3 is 14.2 Å². The highest BCUT2D eigenvalue weighted by molar-refractivity contribution is 5.76. The highest BCUT2D eigenvalue weighted by Gasteiger charge is 2.16. The Bertz CT molecular complexity index is 994. The molecule has 0 amide bonds. The quantitative estimate of drug-likeness (QED) is 0.438. The average molecular weight is 402 g/mol. The van der Waals surface area contributed by atoms with Crippen molar-refractivity contribution in [3.8, 4) is 11.5 Å². The third-order valence-corrected chi connectivity index (χ3v) is 4.66. The summed E-state index contributed by atoms with van der Waals surface area (Å²) in [5.41, 5.74) is 4.53. The van der Waals surface area contributed by atoms with Gasteiger partial charge in [0.2, 0.25) is 0 Å². The summed E-state index contributed by atoms with van der Waals surface area (Å²) in [4.78, 5) is 12.0. The van der Waals surface area contributed by atoms with Crippen LogP contribution in [-0.2, 0) is 29.2 Å². The molecule has 0 bridgehead atoms. The van der Waals surface area contributed by atoms with Crippen LogP contribution in [0.5, 0.6) is 11.5 Å². The fourth-order valence-corrected chi connectivity index (χ4v) is 3.03. The molecule has 0 aliphatic heterocycles. The Morgan fingerprint density at radius 1 is 0.833 bits per heavy atom. The Kier molecular flexibility index (Phi) is 7.28. The molecule has 0 radical (unpaired) electrons. The molecule has 30 heavy (non-hydrogen) atoms.